The maximum Gasteiger partial charge on any atom is 0.0620 e. The van der Waals surface area contributed by atoms with Gasteiger partial charge in [-0.2, -0.15) is 0 Å². The van der Waals surface area contributed by atoms with E-state index in [1.54, 1.807) is 0 Å². The Kier molecular flexibility index (Phi) is 3.60. The van der Waals surface area contributed by atoms with Gasteiger partial charge in [0.15, 0.2) is 0 Å². The molecule has 0 bridgehead atoms. The summed E-state index contributed by atoms with van der Waals surface area (Å²) in [4.78, 5) is 0. The molecule has 2 aromatic carbocycles. The highest BCUT2D eigenvalue weighted by Crippen LogP contribution is 2.29. The number of halogens is 2. The lowest BCUT2D eigenvalue weighted by Crippen LogP contribution is -1.96. The highest BCUT2D eigenvalue weighted by Gasteiger charge is 2.02. The molecule has 88 valence electrons. The first-order valence-corrected chi connectivity index (χ1v) is 6.31. The number of nitrogens with two attached hydrogens (primary N) is 1. The van der Waals surface area contributed by atoms with Crippen LogP contribution < -0.4 is 11.1 Å². The quantitative estimate of drug-likeness (QED) is 0.786. The number of aryl methyl sites for hydroxylation is 1. The Hall–Kier alpha value is -1.19. The van der Waals surface area contributed by atoms with Crippen molar-refractivity contribution in [3.63, 3.8) is 0 Å². The molecule has 0 saturated heterocycles. The maximum absolute atomic E-state index is 5.94. The number of nitrogens with one attached hydrogen (secondary N) is 1. The van der Waals surface area contributed by atoms with E-state index in [-0.39, 0.29) is 0 Å². The van der Waals surface area contributed by atoms with E-state index < -0.39 is 0 Å². The van der Waals surface area contributed by atoms with Crippen molar-refractivity contribution in [1.29, 1.82) is 0 Å². The second kappa shape index (κ2) is 4.98. The molecule has 0 aliphatic rings. The van der Waals surface area contributed by atoms with Crippen LogP contribution in [0.3, 0.4) is 0 Å². The molecule has 0 aliphatic carbocycles. The molecule has 0 heterocycles. The second-order valence-corrected chi connectivity index (χ2v) is 5.11. The van der Waals surface area contributed by atoms with Crippen molar-refractivity contribution in [2.75, 3.05) is 11.1 Å². The first-order valence-electron chi connectivity index (χ1n) is 5.14. The zero-order chi connectivity index (χ0) is 12.4. The third-order valence-electron chi connectivity index (χ3n) is 2.41. The summed E-state index contributed by atoms with van der Waals surface area (Å²) in [5, 5.41) is 3.96. The van der Waals surface area contributed by atoms with Crippen LogP contribution in [0.25, 0.3) is 0 Å². The van der Waals surface area contributed by atoms with Gasteiger partial charge in [0.05, 0.1) is 16.4 Å². The molecular weight excluding hydrogens is 300 g/mol. The smallest absolute Gasteiger partial charge is 0.0620 e. The Balaban J connectivity index is 2.31. The van der Waals surface area contributed by atoms with Crippen LogP contribution in [0.2, 0.25) is 5.02 Å². The zero-order valence-corrected chi connectivity index (χ0v) is 11.6. The van der Waals surface area contributed by atoms with Crippen LogP contribution in [0.15, 0.2) is 40.9 Å². The zero-order valence-electron chi connectivity index (χ0n) is 9.30. The third kappa shape index (κ3) is 2.93. The van der Waals surface area contributed by atoms with E-state index >= 15 is 0 Å². The lowest BCUT2D eigenvalue weighted by atomic mass is 10.2. The maximum atomic E-state index is 5.94. The molecule has 0 atom stereocenters. The van der Waals surface area contributed by atoms with Crippen molar-refractivity contribution in [2.45, 2.75) is 6.92 Å². The van der Waals surface area contributed by atoms with E-state index in [0.29, 0.717) is 5.02 Å². The third-order valence-corrected chi connectivity index (χ3v) is 3.62. The summed E-state index contributed by atoms with van der Waals surface area (Å²) in [7, 11) is 0. The average molecular weight is 312 g/mol. The monoisotopic (exact) mass is 310 g/mol. The normalized spacial score (nSPS) is 10.3. The van der Waals surface area contributed by atoms with Gasteiger partial charge in [-0.1, -0.05) is 17.7 Å². The van der Waals surface area contributed by atoms with Crippen LogP contribution in [0, 0.1) is 6.92 Å². The molecule has 0 unspecified atom stereocenters. The minimum absolute atomic E-state index is 0.688. The summed E-state index contributed by atoms with van der Waals surface area (Å²) in [6, 6.07) is 11.6. The van der Waals surface area contributed by atoms with Gasteiger partial charge in [0.25, 0.3) is 0 Å². The van der Waals surface area contributed by atoms with Crippen LogP contribution in [-0.2, 0) is 0 Å². The van der Waals surface area contributed by atoms with E-state index in [0.717, 1.165) is 27.1 Å². The number of anilines is 3. The molecule has 2 rings (SSSR count). The standard InChI is InChI=1S/C13H12BrClN2/c1-8-2-5-12(16)13(6-8)17-9-3-4-11(15)10(14)7-9/h2-7,17H,16H2,1H3. The van der Waals surface area contributed by atoms with Gasteiger partial charge in [-0.15, -0.1) is 0 Å². The molecule has 0 aromatic heterocycles. The van der Waals surface area contributed by atoms with Crippen molar-refractivity contribution in [2.24, 2.45) is 0 Å². The van der Waals surface area contributed by atoms with Crippen LogP contribution >= 0.6 is 27.5 Å². The summed E-state index contributed by atoms with van der Waals surface area (Å²) >= 11 is 9.33. The molecule has 0 spiro atoms. The Morgan fingerprint density at radius 2 is 1.94 bits per heavy atom. The minimum Gasteiger partial charge on any atom is -0.397 e. The van der Waals surface area contributed by atoms with Crippen LogP contribution in [0.1, 0.15) is 5.56 Å². The minimum atomic E-state index is 0.688. The lowest BCUT2D eigenvalue weighted by molar-refractivity contribution is 1.45. The number of rotatable bonds is 2. The van der Waals surface area contributed by atoms with Crippen molar-refractivity contribution >= 4 is 44.6 Å². The summed E-state index contributed by atoms with van der Waals surface area (Å²) in [5.74, 6) is 0. The predicted molar refractivity (Wildman–Crippen MR) is 78.0 cm³/mol. The fourth-order valence-corrected chi connectivity index (χ4v) is 2.00. The van der Waals surface area contributed by atoms with Crippen molar-refractivity contribution in [3.8, 4) is 0 Å². The Morgan fingerprint density at radius 3 is 2.65 bits per heavy atom. The number of hydrogen-bond donors (Lipinski definition) is 2. The number of benzene rings is 2. The van der Waals surface area contributed by atoms with E-state index in [1.165, 1.54) is 0 Å². The second-order valence-electron chi connectivity index (χ2n) is 3.84. The van der Waals surface area contributed by atoms with Gasteiger partial charge < -0.3 is 11.1 Å². The van der Waals surface area contributed by atoms with Gasteiger partial charge >= 0.3 is 0 Å². The van der Waals surface area contributed by atoms with E-state index in [2.05, 4.69) is 21.2 Å². The van der Waals surface area contributed by atoms with Gasteiger partial charge in [-0.05, 0) is 58.7 Å². The first-order chi connectivity index (χ1) is 8.06. The highest BCUT2D eigenvalue weighted by atomic mass is 79.9. The van der Waals surface area contributed by atoms with Crippen LogP contribution in [-0.4, -0.2) is 0 Å². The SMILES string of the molecule is Cc1ccc(N)c(Nc2ccc(Cl)c(Br)c2)c1. The molecule has 0 amide bonds. The number of nitrogen functional groups attached to an aromatic ring is 1. The Morgan fingerprint density at radius 1 is 1.18 bits per heavy atom. The predicted octanol–water partition coefficient (Wildman–Crippen LogP) is 4.74. The molecule has 4 heteroatoms. The molecule has 3 N–H and O–H groups in total. The average Bonchev–Trinajstić information content (AvgIpc) is 2.29. The molecule has 17 heavy (non-hydrogen) atoms. The van der Waals surface area contributed by atoms with Crippen LogP contribution in [0.4, 0.5) is 17.1 Å². The molecule has 2 aromatic rings. The first kappa shape index (κ1) is 12.3. The van der Waals surface area contributed by atoms with Gasteiger partial charge in [0, 0.05) is 10.2 Å². The van der Waals surface area contributed by atoms with Crippen molar-refractivity contribution in [3.05, 3.63) is 51.5 Å². The molecular formula is C13H12BrClN2. The molecule has 0 aliphatic heterocycles. The van der Waals surface area contributed by atoms with E-state index in [9.17, 15) is 0 Å². The Bertz CT molecular complexity index is 555. The van der Waals surface area contributed by atoms with E-state index in [1.807, 2.05) is 43.3 Å². The fraction of sp³-hybridized carbons (Fsp3) is 0.0769. The van der Waals surface area contributed by atoms with Gasteiger partial charge in [0.1, 0.15) is 0 Å². The summed E-state index contributed by atoms with van der Waals surface area (Å²) in [5.41, 5.74) is 9.64. The summed E-state index contributed by atoms with van der Waals surface area (Å²) in [6.07, 6.45) is 0. The largest absolute Gasteiger partial charge is 0.397 e. The van der Waals surface area contributed by atoms with E-state index in [4.69, 9.17) is 17.3 Å². The fourth-order valence-electron chi connectivity index (χ4n) is 1.51. The number of hydrogen-bond acceptors (Lipinski definition) is 2. The van der Waals surface area contributed by atoms with Gasteiger partial charge in [-0.25, -0.2) is 0 Å². The van der Waals surface area contributed by atoms with Gasteiger partial charge in [-0.3, -0.25) is 0 Å². The Labute approximate surface area is 114 Å². The molecule has 0 saturated carbocycles. The molecule has 2 nitrogen and oxygen atoms in total. The van der Waals surface area contributed by atoms with Crippen molar-refractivity contribution in [1.82, 2.24) is 0 Å². The van der Waals surface area contributed by atoms with Crippen molar-refractivity contribution < 1.29 is 0 Å². The van der Waals surface area contributed by atoms with Crippen LogP contribution in [0.5, 0.6) is 0 Å². The topological polar surface area (TPSA) is 38.0 Å². The molecule has 0 fully saturated rings. The van der Waals surface area contributed by atoms with Gasteiger partial charge in [0.2, 0.25) is 0 Å². The summed E-state index contributed by atoms with van der Waals surface area (Å²) < 4.78 is 0.857. The summed E-state index contributed by atoms with van der Waals surface area (Å²) in [6.45, 7) is 2.03. The lowest BCUT2D eigenvalue weighted by Gasteiger charge is -2.11. The highest BCUT2D eigenvalue weighted by molar-refractivity contribution is 9.10. The molecule has 0 radical (unpaired) electrons.